The Morgan fingerprint density at radius 1 is 1.54 bits per heavy atom. The fourth-order valence-corrected chi connectivity index (χ4v) is 0.826. The number of rotatable bonds is 6. The van der Waals surface area contributed by atoms with Crippen molar-refractivity contribution in [3.8, 4) is 5.95 Å². The lowest BCUT2D eigenvalue weighted by Gasteiger charge is -2.09. The highest BCUT2D eigenvalue weighted by Crippen LogP contribution is 2.09. The highest BCUT2D eigenvalue weighted by Gasteiger charge is 2.05. The van der Waals surface area contributed by atoms with Gasteiger partial charge in [0.15, 0.2) is 0 Å². The second kappa shape index (κ2) is 5.61. The largest absolute Gasteiger partial charge is 0.462 e. The Balaban J connectivity index is 2.11. The summed E-state index contributed by atoms with van der Waals surface area (Å²) in [5, 5.41) is 9.29. The maximum Gasteiger partial charge on any atom is 0.284 e. The molecule has 0 aliphatic heterocycles. The molecule has 74 valence electrons. The predicted molar refractivity (Wildman–Crippen MR) is 46.7 cm³/mol. The molecule has 0 aliphatic rings. The molecular weight excluding hydrogens is 172 g/mol. The van der Waals surface area contributed by atoms with Crippen LogP contribution in [-0.4, -0.2) is 31.0 Å². The van der Waals surface area contributed by atoms with Crippen LogP contribution in [0.4, 0.5) is 0 Å². The monoisotopic (exact) mass is 186 g/mol. The van der Waals surface area contributed by atoms with E-state index in [1.165, 1.54) is 6.26 Å². The molecule has 1 rings (SSSR count). The van der Waals surface area contributed by atoms with E-state index < -0.39 is 6.10 Å². The average Bonchev–Trinajstić information content (AvgIpc) is 2.64. The van der Waals surface area contributed by atoms with Crippen molar-refractivity contribution in [3.05, 3.63) is 18.4 Å². The molecule has 0 aliphatic carbocycles. The zero-order valence-electron chi connectivity index (χ0n) is 7.60. The summed E-state index contributed by atoms with van der Waals surface area (Å²) in [4.78, 5) is 0. The Morgan fingerprint density at radius 3 is 3.00 bits per heavy atom. The van der Waals surface area contributed by atoms with Gasteiger partial charge in [0.2, 0.25) is 0 Å². The second-order valence-corrected chi connectivity index (χ2v) is 2.56. The van der Waals surface area contributed by atoms with Crippen molar-refractivity contribution in [2.24, 2.45) is 0 Å². The van der Waals surface area contributed by atoms with Crippen molar-refractivity contribution in [1.82, 2.24) is 0 Å². The van der Waals surface area contributed by atoms with E-state index in [9.17, 15) is 5.11 Å². The molecule has 1 aromatic heterocycles. The van der Waals surface area contributed by atoms with Gasteiger partial charge in [0.25, 0.3) is 5.95 Å². The van der Waals surface area contributed by atoms with Crippen LogP contribution >= 0.6 is 0 Å². The third-order valence-electron chi connectivity index (χ3n) is 1.43. The van der Waals surface area contributed by atoms with Crippen molar-refractivity contribution in [2.75, 3.05) is 19.8 Å². The topological polar surface area (TPSA) is 51.8 Å². The maximum atomic E-state index is 9.29. The molecule has 0 aromatic carbocycles. The first-order valence-corrected chi connectivity index (χ1v) is 4.25. The van der Waals surface area contributed by atoms with Gasteiger partial charge < -0.3 is 19.0 Å². The molecule has 1 heterocycles. The van der Waals surface area contributed by atoms with E-state index in [-0.39, 0.29) is 13.2 Å². The van der Waals surface area contributed by atoms with Gasteiger partial charge in [-0.3, -0.25) is 0 Å². The molecule has 0 saturated heterocycles. The summed E-state index contributed by atoms with van der Waals surface area (Å²) in [6.45, 7) is 2.95. The summed E-state index contributed by atoms with van der Waals surface area (Å²) in [5.41, 5.74) is 0. The van der Waals surface area contributed by atoms with Crippen LogP contribution in [0, 0.1) is 0 Å². The summed E-state index contributed by atoms with van der Waals surface area (Å²) in [5.74, 6) is 0.413. The summed E-state index contributed by atoms with van der Waals surface area (Å²) >= 11 is 0. The van der Waals surface area contributed by atoms with Crippen molar-refractivity contribution in [3.63, 3.8) is 0 Å². The Bertz CT molecular complexity index is 207. The summed E-state index contributed by atoms with van der Waals surface area (Å²) in [6, 6.07) is 3.41. The second-order valence-electron chi connectivity index (χ2n) is 2.56. The molecule has 4 nitrogen and oxygen atoms in total. The smallest absolute Gasteiger partial charge is 0.284 e. The van der Waals surface area contributed by atoms with E-state index in [0.29, 0.717) is 12.6 Å². The minimum Gasteiger partial charge on any atom is -0.462 e. The van der Waals surface area contributed by atoms with Crippen LogP contribution in [0.5, 0.6) is 5.95 Å². The number of hydrogen-bond donors (Lipinski definition) is 1. The third-order valence-corrected chi connectivity index (χ3v) is 1.43. The summed E-state index contributed by atoms with van der Waals surface area (Å²) in [6.07, 6.45) is 0.912. The van der Waals surface area contributed by atoms with Crippen LogP contribution in [0.1, 0.15) is 6.92 Å². The van der Waals surface area contributed by atoms with E-state index >= 15 is 0 Å². The molecule has 0 saturated carbocycles. The van der Waals surface area contributed by atoms with Crippen LogP contribution in [0.3, 0.4) is 0 Å². The Kier molecular flexibility index (Phi) is 4.35. The van der Waals surface area contributed by atoms with Crippen LogP contribution in [0.25, 0.3) is 0 Å². The normalized spacial score (nSPS) is 12.8. The summed E-state index contributed by atoms with van der Waals surface area (Å²) < 4.78 is 15.0. The fourth-order valence-electron chi connectivity index (χ4n) is 0.826. The van der Waals surface area contributed by atoms with Gasteiger partial charge in [-0.05, 0) is 13.0 Å². The number of furan rings is 1. The highest BCUT2D eigenvalue weighted by molar-refractivity contribution is 5.03. The molecular formula is C9H14O4. The first-order chi connectivity index (χ1) is 6.33. The zero-order valence-corrected chi connectivity index (χ0v) is 7.60. The van der Waals surface area contributed by atoms with Gasteiger partial charge >= 0.3 is 0 Å². The molecule has 1 atom stereocenters. The SMILES string of the molecule is CCOCC(O)COc1ccco1. The van der Waals surface area contributed by atoms with Crippen LogP contribution < -0.4 is 4.74 Å². The molecule has 1 N–H and O–H groups in total. The zero-order chi connectivity index (χ0) is 9.52. The van der Waals surface area contributed by atoms with Crippen molar-refractivity contribution in [1.29, 1.82) is 0 Å². The highest BCUT2D eigenvalue weighted by atomic mass is 16.6. The lowest BCUT2D eigenvalue weighted by molar-refractivity contribution is 0.0115. The van der Waals surface area contributed by atoms with Gasteiger partial charge in [0, 0.05) is 12.7 Å². The molecule has 13 heavy (non-hydrogen) atoms. The Labute approximate surface area is 77.1 Å². The minimum absolute atomic E-state index is 0.188. The third kappa shape index (κ3) is 3.96. The lowest BCUT2D eigenvalue weighted by atomic mass is 10.4. The molecule has 4 heteroatoms. The maximum absolute atomic E-state index is 9.29. The van der Waals surface area contributed by atoms with E-state index in [1.54, 1.807) is 12.1 Å². The van der Waals surface area contributed by atoms with Gasteiger partial charge in [0.05, 0.1) is 12.9 Å². The minimum atomic E-state index is -0.606. The number of aliphatic hydroxyl groups is 1. The van der Waals surface area contributed by atoms with E-state index in [1.807, 2.05) is 6.92 Å². The van der Waals surface area contributed by atoms with Crippen molar-refractivity contribution in [2.45, 2.75) is 13.0 Å². The van der Waals surface area contributed by atoms with Gasteiger partial charge in [-0.25, -0.2) is 0 Å². The molecule has 0 spiro atoms. The number of aliphatic hydroxyl groups excluding tert-OH is 1. The van der Waals surface area contributed by atoms with Crippen LogP contribution in [-0.2, 0) is 4.74 Å². The van der Waals surface area contributed by atoms with Gasteiger partial charge in [-0.2, -0.15) is 0 Å². The average molecular weight is 186 g/mol. The van der Waals surface area contributed by atoms with E-state index in [0.717, 1.165) is 0 Å². The molecule has 0 radical (unpaired) electrons. The standard InChI is InChI=1S/C9H14O4/c1-2-11-6-8(10)7-13-9-4-3-5-12-9/h3-5,8,10H,2,6-7H2,1H3. The molecule has 1 unspecified atom stereocenters. The first-order valence-electron chi connectivity index (χ1n) is 4.25. The van der Waals surface area contributed by atoms with Gasteiger partial charge in [-0.15, -0.1) is 0 Å². The van der Waals surface area contributed by atoms with Crippen molar-refractivity contribution < 1.29 is 19.0 Å². The number of hydrogen-bond acceptors (Lipinski definition) is 4. The quantitative estimate of drug-likeness (QED) is 0.721. The summed E-state index contributed by atoms with van der Waals surface area (Å²) in [7, 11) is 0. The lowest BCUT2D eigenvalue weighted by Crippen LogP contribution is -2.23. The number of ether oxygens (including phenoxy) is 2. The van der Waals surface area contributed by atoms with Crippen LogP contribution in [0.2, 0.25) is 0 Å². The van der Waals surface area contributed by atoms with E-state index in [2.05, 4.69) is 0 Å². The Morgan fingerprint density at radius 2 is 2.38 bits per heavy atom. The Hall–Kier alpha value is -1.00. The fraction of sp³-hybridized carbons (Fsp3) is 0.556. The molecule has 0 fully saturated rings. The first kappa shape index (κ1) is 10.1. The van der Waals surface area contributed by atoms with Gasteiger partial charge in [-0.1, -0.05) is 0 Å². The van der Waals surface area contributed by atoms with Crippen molar-refractivity contribution >= 4 is 0 Å². The molecule has 0 amide bonds. The van der Waals surface area contributed by atoms with Crippen LogP contribution in [0.15, 0.2) is 22.8 Å². The molecule has 0 bridgehead atoms. The molecule has 1 aromatic rings. The van der Waals surface area contributed by atoms with E-state index in [4.69, 9.17) is 13.9 Å². The van der Waals surface area contributed by atoms with Gasteiger partial charge in [0.1, 0.15) is 12.7 Å². The predicted octanol–water partition coefficient (Wildman–Crippen LogP) is 1.06.